The predicted octanol–water partition coefficient (Wildman–Crippen LogP) is 5.63. The summed E-state index contributed by atoms with van der Waals surface area (Å²) < 4.78 is 5.61. The van der Waals surface area contributed by atoms with Crippen LogP contribution in [0.2, 0.25) is 0 Å². The molecular formula is C26H25N3O2. The van der Waals surface area contributed by atoms with Gasteiger partial charge < -0.3 is 4.42 Å². The van der Waals surface area contributed by atoms with Crippen LogP contribution in [0.4, 0.5) is 6.01 Å². The maximum atomic E-state index is 12.5. The highest BCUT2D eigenvalue weighted by Crippen LogP contribution is 2.18. The summed E-state index contributed by atoms with van der Waals surface area (Å²) in [6, 6.07) is 26.2. The van der Waals surface area contributed by atoms with Crippen LogP contribution in [0.3, 0.4) is 0 Å². The van der Waals surface area contributed by atoms with Gasteiger partial charge in [0.05, 0.1) is 6.42 Å². The molecule has 4 rings (SSSR count). The minimum absolute atomic E-state index is 0.104. The number of hydrogen-bond acceptors (Lipinski definition) is 4. The molecular weight excluding hydrogens is 386 g/mol. The van der Waals surface area contributed by atoms with Crippen molar-refractivity contribution in [3.05, 3.63) is 113 Å². The Kier molecular flexibility index (Phi) is 6.22. The third kappa shape index (κ3) is 5.45. The molecule has 0 spiro atoms. The number of amides is 1. The first-order valence-corrected chi connectivity index (χ1v) is 10.4. The van der Waals surface area contributed by atoms with Crippen LogP contribution < -0.4 is 5.32 Å². The molecule has 0 fully saturated rings. The van der Waals surface area contributed by atoms with Crippen molar-refractivity contribution >= 4 is 11.9 Å². The number of aromatic nitrogens is 2. The van der Waals surface area contributed by atoms with Crippen LogP contribution in [0.1, 0.15) is 58.3 Å². The maximum Gasteiger partial charge on any atom is 0.322 e. The molecule has 3 aromatic carbocycles. The van der Waals surface area contributed by atoms with E-state index in [1.165, 1.54) is 11.1 Å². The van der Waals surface area contributed by atoms with Crippen molar-refractivity contribution in [1.82, 2.24) is 10.2 Å². The van der Waals surface area contributed by atoms with Gasteiger partial charge in [-0.1, -0.05) is 85.7 Å². The molecule has 31 heavy (non-hydrogen) atoms. The van der Waals surface area contributed by atoms with Gasteiger partial charge in [-0.2, -0.15) is 0 Å². The third-order valence-electron chi connectivity index (χ3n) is 5.16. The summed E-state index contributed by atoms with van der Waals surface area (Å²) in [6.45, 7) is 4.33. The van der Waals surface area contributed by atoms with E-state index in [4.69, 9.17) is 4.42 Å². The second-order valence-corrected chi connectivity index (χ2v) is 7.89. The van der Waals surface area contributed by atoms with Crippen molar-refractivity contribution < 1.29 is 9.21 Å². The van der Waals surface area contributed by atoms with Crippen LogP contribution in [0, 0.1) is 0 Å². The van der Waals surface area contributed by atoms with Crippen LogP contribution in [0.5, 0.6) is 0 Å². The first kappa shape index (κ1) is 20.5. The molecule has 1 aromatic heterocycles. The number of nitrogens with one attached hydrogen (secondary N) is 1. The lowest BCUT2D eigenvalue weighted by Crippen LogP contribution is -2.12. The molecule has 5 nitrogen and oxygen atoms in total. The zero-order chi connectivity index (χ0) is 21.6. The Balaban J connectivity index is 1.35. The Morgan fingerprint density at radius 3 is 2.10 bits per heavy atom. The molecule has 0 bridgehead atoms. The Hall–Kier alpha value is -3.73. The Morgan fingerprint density at radius 2 is 1.42 bits per heavy atom. The first-order chi connectivity index (χ1) is 15.1. The lowest BCUT2D eigenvalue weighted by atomic mass is 10.0. The van der Waals surface area contributed by atoms with Gasteiger partial charge in [0, 0.05) is 5.56 Å². The molecule has 1 N–H and O–H groups in total. The van der Waals surface area contributed by atoms with Crippen LogP contribution in [0.15, 0.2) is 83.3 Å². The average Bonchev–Trinajstić information content (AvgIpc) is 3.22. The van der Waals surface area contributed by atoms with E-state index in [-0.39, 0.29) is 11.9 Å². The number of anilines is 1. The van der Waals surface area contributed by atoms with Gasteiger partial charge in [-0.3, -0.25) is 10.1 Å². The van der Waals surface area contributed by atoms with Crippen molar-refractivity contribution in [2.24, 2.45) is 0 Å². The summed E-state index contributed by atoms with van der Waals surface area (Å²) in [7, 11) is 0. The number of nitrogens with zero attached hydrogens (tertiary/aromatic N) is 2. The molecule has 0 saturated carbocycles. The maximum absolute atomic E-state index is 12.5. The van der Waals surface area contributed by atoms with Gasteiger partial charge in [0.25, 0.3) is 5.91 Å². The Bertz CT molecular complexity index is 1130. The van der Waals surface area contributed by atoms with Gasteiger partial charge >= 0.3 is 6.01 Å². The van der Waals surface area contributed by atoms with Crippen LogP contribution in [0.25, 0.3) is 0 Å². The van der Waals surface area contributed by atoms with E-state index in [0.717, 1.165) is 17.5 Å². The molecule has 0 aliphatic carbocycles. The third-order valence-corrected chi connectivity index (χ3v) is 5.16. The van der Waals surface area contributed by atoms with Gasteiger partial charge in [0.2, 0.25) is 5.89 Å². The molecule has 5 heteroatoms. The van der Waals surface area contributed by atoms with E-state index in [0.29, 0.717) is 23.8 Å². The van der Waals surface area contributed by atoms with E-state index in [9.17, 15) is 4.79 Å². The fraction of sp³-hybridized carbons (Fsp3) is 0.192. The van der Waals surface area contributed by atoms with Crippen molar-refractivity contribution in [3.63, 3.8) is 0 Å². The molecule has 0 saturated heterocycles. The summed E-state index contributed by atoms with van der Waals surface area (Å²) >= 11 is 0. The lowest BCUT2D eigenvalue weighted by Gasteiger charge is -2.05. The minimum atomic E-state index is -0.275. The molecule has 1 heterocycles. The van der Waals surface area contributed by atoms with Gasteiger partial charge in [0.1, 0.15) is 0 Å². The quantitative estimate of drug-likeness (QED) is 0.428. The van der Waals surface area contributed by atoms with Gasteiger partial charge in [-0.25, -0.2) is 0 Å². The highest BCUT2D eigenvalue weighted by Gasteiger charge is 2.12. The fourth-order valence-corrected chi connectivity index (χ4v) is 3.35. The highest BCUT2D eigenvalue weighted by molar-refractivity contribution is 6.03. The molecule has 0 unspecified atom stereocenters. The number of carbonyl (C=O) groups is 1. The number of rotatable bonds is 7. The molecule has 0 radical (unpaired) electrons. The number of benzene rings is 3. The minimum Gasteiger partial charge on any atom is -0.407 e. The fourth-order valence-electron chi connectivity index (χ4n) is 3.35. The Morgan fingerprint density at radius 1 is 0.806 bits per heavy atom. The zero-order valence-corrected chi connectivity index (χ0v) is 17.7. The predicted molar refractivity (Wildman–Crippen MR) is 121 cm³/mol. The lowest BCUT2D eigenvalue weighted by molar-refractivity contribution is 0.102. The summed E-state index contributed by atoms with van der Waals surface area (Å²) in [4.78, 5) is 12.5. The molecule has 0 aliphatic rings. The largest absolute Gasteiger partial charge is 0.407 e. The molecule has 0 atom stereocenters. The molecule has 0 aliphatic heterocycles. The van der Waals surface area contributed by atoms with Crippen molar-refractivity contribution in [2.75, 3.05) is 5.32 Å². The van der Waals surface area contributed by atoms with E-state index in [1.807, 2.05) is 30.3 Å². The average molecular weight is 412 g/mol. The molecule has 156 valence electrons. The molecule has 1 amide bonds. The van der Waals surface area contributed by atoms with Gasteiger partial charge in [-0.05, 0) is 46.7 Å². The van der Waals surface area contributed by atoms with Crippen LogP contribution >= 0.6 is 0 Å². The normalized spacial score (nSPS) is 10.9. The van der Waals surface area contributed by atoms with Gasteiger partial charge in [0.15, 0.2) is 0 Å². The Labute approximate surface area is 182 Å². The summed E-state index contributed by atoms with van der Waals surface area (Å²) in [6.07, 6.45) is 1.35. The topological polar surface area (TPSA) is 68.0 Å². The summed E-state index contributed by atoms with van der Waals surface area (Å²) in [5, 5.41) is 10.7. The smallest absolute Gasteiger partial charge is 0.322 e. The monoisotopic (exact) mass is 411 g/mol. The zero-order valence-electron chi connectivity index (χ0n) is 17.7. The standard InChI is InChI=1S/C26H25N3O2/c1-18(2)22-12-8-21(9-13-22)17-24-28-29-26(31-24)27-25(30)23-14-10-20(11-15-23)16-19-6-4-3-5-7-19/h3-15,18H,16-17H2,1-2H3,(H,27,29,30). The van der Waals surface area contributed by atoms with E-state index >= 15 is 0 Å². The van der Waals surface area contributed by atoms with E-state index in [2.05, 4.69) is 65.8 Å². The number of carbonyl (C=O) groups excluding carboxylic acids is 1. The van der Waals surface area contributed by atoms with Gasteiger partial charge in [-0.15, -0.1) is 5.10 Å². The SMILES string of the molecule is CC(C)c1ccc(Cc2nnc(NC(=O)c3ccc(Cc4ccccc4)cc3)o2)cc1. The van der Waals surface area contributed by atoms with Crippen LogP contribution in [-0.4, -0.2) is 16.1 Å². The molecule has 4 aromatic rings. The van der Waals surface area contributed by atoms with E-state index in [1.54, 1.807) is 12.1 Å². The van der Waals surface area contributed by atoms with Crippen molar-refractivity contribution in [1.29, 1.82) is 0 Å². The second-order valence-electron chi connectivity index (χ2n) is 7.89. The summed E-state index contributed by atoms with van der Waals surface area (Å²) in [5.41, 5.74) is 5.29. The second kappa shape index (κ2) is 9.39. The highest BCUT2D eigenvalue weighted by atomic mass is 16.4. The van der Waals surface area contributed by atoms with E-state index < -0.39 is 0 Å². The van der Waals surface area contributed by atoms with Crippen LogP contribution in [-0.2, 0) is 12.8 Å². The first-order valence-electron chi connectivity index (χ1n) is 10.4. The number of hydrogen-bond donors (Lipinski definition) is 1. The summed E-state index contributed by atoms with van der Waals surface area (Å²) in [5.74, 6) is 0.681. The van der Waals surface area contributed by atoms with Crippen molar-refractivity contribution in [2.45, 2.75) is 32.6 Å². The van der Waals surface area contributed by atoms with Crippen molar-refractivity contribution in [3.8, 4) is 0 Å².